The molecular formula is C13H21ClN2O2. The van der Waals surface area contributed by atoms with Gasteiger partial charge in [-0.05, 0) is 44.5 Å². The highest BCUT2D eigenvalue weighted by atomic mass is 35.5. The zero-order valence-electron chi connectivity index (χ0n) is 10.8. The number of halogens is 1. The molecule has 5 N–H and O–H groups in total. The van der Waals surface area contributed by atoms with Crippen molar-refractivity contribution in [3.63, 3.8) is 0 Å². The minimum absolute atomic E-state index is 0.423. The summed E-state index contributed by atoms with van der Waals surface area (Å²) in [6.45, 7) is 4.73. The summed E-state index contributed by atoms with van der Waals surface area (Å²) in [5.74, 6) is 0.624. The zero-order valence-corrected chi connectivity index (χ0v) is 11.6. The lowest BCUT2D eigenvalue weighted by molar-refractivity contribution is 0.138. The van der Waals surface area contributed by atoms with E-state index >= 15 is 0 Å². The van der Waals surface area contributed by atoms with Crippen LogP contribution >= 0.6 is 11.6 Å². The van der Waals surface area contributed by atoms with Crippen LogP contribution in [-0.4, -0.2) is 24.3 Å². The van der Waals surface area contributed by atoms with E-state index in [4.69, 9.17) is 27.8 Å². The molecule has 0 radical (unpaired) electrons. The molecule has 0 aliphatic rings. The van der Waals surface area contributed by atoms with Crippen LogP contribution in [0.5, 0.6) is 5.75 Å². The summed E-state index contributed by atoms with van der Waals surface area (Å²) in [4.78, 5) is 0. The maximum absolute atomic E-state index is 10.2. The molecule has 0 aromatic heterocycles. The van der Waals surface area contributed by atoms with E-state index in [1.54, 1.807) is 6.07 Å². The second-order valence-corrected chi connectivity index (χ2v) is 4.67. The largest absolute Gasteiger partial charge is 0.493 e. The zero-order chi connectivity index (χ0) is 13.7. The fourth-order valence-corrected chi connectivity index (χ4v) is 1.94. The van der Waals surface area contributed by atoms with E-state index in [-0.39, 0.29) is 0 Å². The number of nitrogens with two attached hydrogens (primary N) is 2. The summed E-state index contributed by atoms with van der Waals surface area (Å²) in [5, 5.41) is 10.8. The summed E-state index contributed by atoms with van der Waals surface area (Å²) >= 11 is 6.08. The molecule has 2 atom stereocenters. The highest BCUT2D eigenvalue weighted by Crippen LogP contribution is 2.32. The second kappa shape index (κ2) is 6.95. The van der Waals surface area contributed by atoms with Gasteiger partial charge in [0.1, 0.15) is 5.75 Å². The molecule has 2 unspecified atom stereocenters. The quantitative estimate of drug-likeness (QED) is 0.737. The lowest BCUT2D eigenvalue weighted by Gasteiger charge is -2.22. The van der Waals surface area contributed by atoms with Crippen molar-refractivity contribution < 1.29 is 9.84 Å². The molecule has 0 fully saturated rings. The number of aliphatic hydroxyl groups is 1. The predicted molar refractivity (Wildman–Crippen MR) is 74.0 cm³/mol. The van der Waals surface area contributed by atoms with Gasteiger partial charge < -0.3 is 21.3 Å². The first-order chi connectivity index (χ1) is 8.51. The first kappa shape index (κ1) is 15.2. The maximum atomic E-state index is 10.2. The van der Waals surface area contributed by atoms with Gasteiger partial charge in [-0.2, -0.15) is 0 Å². The first-order valence-corrected chi connectivity index (χ1v) is 6.45. The molecular weight excluding hydrogens is 252 g/mol. The molecule has 0 spiro atoms. The Labute approximate surface area is 113 Å². The monoisotopic (exact) mass is 272 g/mol. The van der Waals surface area contributed by atoms with Gasteiger partial charge in [0.25, 0.3) is 0 Å². The Hall–Kier alpha value is -0.810. The SMILES string of the molecule is CCOc1cc(C)c(Cl)cc1C(O)C(N)CCN. The van der Waals surface area contributed by atoms with E-state index < -0.39 is 12.1 Å². The van der Waals surface area contributed by atoms with Crippen LogP contribution in [0, 0.1) is 6.92 Å². The smallest absolute Gasteiger partial charge is 0.125 e. The number of ether oxygens (including phenoxy) is 1. The fraction of sp³-hybridized carbons (Fsp3) is 0.538. The summed E-state index contributed by atoms with van der Waals surface area (Å²) in [7, 11) is 0. The minimum atomic E-state index is -0.826. The van der Waals surface area contributed by atoms with Gasteiger partial charge in [-0.1, -0.05) is 11.6 Å². The number of hydrogen-bond acceptors (Lipinski definition) is 4. The molecule has 102 valence electrons. The van der Waals surface area contributed by atoms with Gasteiger partial charge in [0.15, 0.2) is 0 Å². The number of rotatable bonds is 6. The Morgan fingerprint density at radius 1 is 1.44 bits per heavy atom. The van der Waals surface area contributed by atoms with E-state index in [0.717, 1.165) is 5.56 Å². The van der Waals surface area contributed by atoms with Crippen LogP contribution in [0.1, 0.15) is 30.6 Å². The van der Waals surface area contributed by atoms with Crippen molar-refractivity contribution in [2.45, 2.75) is 32.4 Å². The van der Waals surface area contributed by atoms with Crippen molar-refractivity contribution >= 4 is 11.6 Å². The van der Waals surface area contributed by atoms with Gasteiger partial charge in [-0.3, -0.25) is 0 Å². The van der Waals surface area contributed by atoms with Crippen LogP contribution in [-0.2, 0) is 0 Å². The molecule has 1 aromatic carbocycles. The van der Waals surface area contributed by atoms with Crippen LogP contribution in [0.25, 0.3) is 0 Å². The molecule has 0 heterocycles. The van der Waals surface area contributed by atoms with Crippen molar-refractivity contribution in [2.24, 2.45) is 11.5 Å². The van der Waals surface area contributed by atoms with Gasteiger partial charge in [0, 0.05) is 16.6 Å². The molecule has 0 aliphatic heterocycles. The van der Waals surface area contributed by atoms with Gasteiger partial charge in [0.2, 0.25) is 0 Å². The molecule has 0 aliphatic carbocycles. The first-order valence-electron chi connectivity index (χ1n) is 6.07. The number of hydrogen-bond donors (Lipinski definition) is 3. The Morgan fingerprint density at radius 2 is 2.11 bits per heavy atom. The van der Waals surface area contributed by atoms with Gasteiger partial charge in [0.05, 0.1) is 12.7 Å². The Morgan fingerprint density at radius 3 is 2.67 bits per heavy atom. The number of aliphatic hydroxyl groups excluding tert-OH is 1. The van der Waals surface area contributed by atoms with Crippen LogP contribution in [0.3, 0.4) is 0 Å². The topological polar surface area (TPSA) is 81.5 Å². The standard InChI is InChI=1S/C13H21ClN2O2/c1-3-18-12-6-8(2)10(14)7-9(12)13(17)11(16)4-5-15/h6-7,11,13,17H,3-5,15-16H2,1-2H3. The molecule has 4 nitrogen and oxygen atoms in total. The molecule has 0 saturated heterocycles. The van der Waals surface area contributed by atoms with Gasteiger partial charge in [-0.15, -0.1) is 0 Å². The van der Waals surface area contributed by atoms with E-state index in [1.165, 1.54) is 0 Å². The third-order valence-electron chi connectivity index (χ3n) is 2.82. The Bertz CT molecular complexity index is 399. The van der Waals surface area contributed by atoms with E-state index in [1.807, 2.05) is 19.9 Å². The third kappa shape index (κ3) is 3.59. The summed E-state index contributed by atoms with van der Waals surface area (Å²) in [6.07, 6.45) is -0.286. The minimum Gasteiger partial charge on any atom is -0.493 e. The molecule has 0 bridgehead atoms. The van der Waals surface area contributed by atoms with Crippen molar-refractivity contribution in [3.05, 3.63) is 28.3 Å². The van der Waals surface area contributed by atoms with E-state index in [0.29, 0.717) is 35.9 Å². The molecule has 18 heavy (non-hydrogen) atoms. The lowest BCUT2D eigenvalue weighted by Crippen LogP contribution is -2.31. The lowest BCUT2D eigenvalue weighted by atomic mass is 9.98. The van der Waals surface area contributed by atoms with Crippen LogP contribution < -0.4 is 16.2 Å². The molecule has 0 saturated carbocycles. The summed E-state index contributed by atoms with van der Waals surface area (Å²) in [6, 6.07) is 3.11. The molecule has 5 heteroatoms. The van der Waals surface area contributed by atoms with Crippen molar-refractivity contribution in [3.8, 4) is 5.75 Å². The molecule has 1 aromatic rings. The van der Waals surface area contributed by atoms with Crippen LogP contribution in [0.2, 0.25) is 5.02 Å². The molecule has 1 rings (SSSR count). The normalized spacial score (nSPS) is 14.3. The summed E-state index contributed by atoms with van der Waals surface area (Å²) < 4.78 is 5.52. The fourth-order valence-electron chi connectivity index (χ4n) is 1.76. The summed E-state index contributed by atoms with van der Waals surface area (Å²) in [5.41, 5.74) is 12.9. The Balaban J connectivity index is 3.08. The number of benzene rings is 1. The van der Waals surface area contributed by atoms with Crippen molar-refractivity contribution in [2.75, 3.05) is 13.2 Å². The second-order valence-electron chi connectivity index (χ2n) is 4.26. The van der Waals surface area contributed by atoms with Crippen LogP contribution in [0.15, 0.2) is 12.1 Å². The highest BCUT2D eigenvalue weighted by molar-refractivity contribution is 6.31. The van der Waals surface area contributed by atoms with E-state index in [2.05, 4.69) is 0 Å². The highest BCUT2D eigenvalue weighted by Gasteiger charge is 2.21. The van der Waals surface area contributed by atoms with Gasteiger partial charge in [-0.25, -0.2) is 0 Å². The van der Waals surface area contributed by atoms with Gasteiger partial charge >= 0.3 is 0 Å². The predicted octanol–water partition coefficient (Wildman–Crippen LogP) is 1.76. The van der Waals surface area contributed by atoms with E-state index in [9.17, 15) is 5.11 Å². The van der Waals surface area contributed by atoms with Crippen molar-refractivity contribution in [1.29, 1.82) is 0 Å². The maximum Gasteiger partial charge on any atom is 0.125 e. The average molecular weight is 273 g/mol. The number of aryl methyl sites for hydroxylation is 1. The Kier molecular flexibility index (Phi) is 5.88. The van der Waals surface area contributed by atoms with Crippen molar-refractivity contribution in [1.82, 2.24) is 0 Å². The average Bonchev–Trinajstić information content (AvgIpc) is 2.33. The third-order valence-corrected chi connectivity index (χ3v) is 3.22. The van der Waals surface area contributed by atoms with Crippen LogP contribution in [0.4, 0.5) is 0 Å². The molecule has 0 amide bonds.